The maximum Gasteiger partial charge on any atom is 0.416 e. The molecule has 2 rings (SSSR count). The number of nitrogens with one attached hydrogen (secondary N) is 1. The van der Waals surface area contributed by atoms with Gasteiger partial charge in [-0.2, -0.15) is 13.2 Å². The van der Waals surface area contributed by atoms with Gasteiger partial charge >= 0.3 is 12.3 Å². The van der Waals surface area contributed by atoms with E-state index in [1.165, 1.54) is 0 Å². The SMILES string of the molecule is Cl.O=C1N[C@@H](c2ccc(C(F)(F)F)cc2F)CCO1. The predicted octanol–water partition coefficient (Wildman–Crippen LogP) is 3.44. The molecule has 1 aromatic carbocycles. The molecule has 0 radical (unpaired) electrons. The Kier molecular flexibility index (Phi) is 4.62. The number of halogens is 5. The molecule has 1 aliphatic heterocycles. The fourth-order valence-electron chi connectivity index (χ4n) is 1.74. The van der Waals surface area contributed by atoms with Gasteiger partial charge in [0.15, 0.2) is 0 Å². The number of alkyl halides is 3. The quantitative estimate of drug-likeness (QED) is 0.807. The summed E-state index contributed by atoms with van der Waals surface area (Å²) in [5.74, 6) is -0.989. The molecule has 106 valence electrons. The maximum absolute atomic E-state index is 13.6. The molecule has 1 aliphatic rings. The van der Waals surface area contributed by atoms with Crippen molar-refractivity contribution in [2.45, 2.75) is 18.6 Å². The van der Waals surface area contributed by atoms with Crippen LogP contribution in [-0.4, -0.2) is 12.7 Å². The van der Waals surface area contributed by atoms with Crippen LogP contribution in [0, 0.1) is 5.82 Å². The van der Waals surface area contributed by atoms with Crippen molar-refractivity contribution in [3.05, 3.63) is 35.1 Å². The number of rotatable bonds is 1. The number of cyclic esters (lactones) is 1. The fraction of sp³-hybridized carbons (Fsp3) is 0.364. The molecule has 0 saturated carbocycles. The summed E-state index contributed by atoms with van der Waals surface area (Å²) in [5, 5.41) is 2.35. The molecule has 1 N–H and O–H groups in total. The molecule has 0 aromatic heterocycles. The second-order valence-electron chi connectivity index (χ2n) is 3.86. The zero-order valence-corrected chi connectivity index (χ0v) is 10.3. The Morgan fingerprint density at radius 2 is 2.00 bits per heavy atom. The Morgan fingerprint density at radius 3 is 2.53 bits per heavy atom. The second kappa shape index (κ2) is 5.64. The van der Waals surface area contributed by atoms with Crippen molar-refractivity contribution >= 4 is 18.5 Å². The van der Waals surface area contributed by atoms with E-state index in [0.29, 0.717) is 12.5 Å². The molecule has 0 spiro atoms. The lowest BCUT2D eigenvalue weighted by molar-refractivity contribution is -0.137. The van der Waals surface area contributed by atoms with Crippen LogP contribution in [0.1, 0.15) is 23.6 Å². The lowest BCUT2D eigenvalue weighted by Gasteiger charge is -2.24. The number of benzene rings is 1. The molecular formula is C11H10ClF4NO2. The zero-order valence-electron chi connectivity index (χ0n) is 9.46. The summed E-state index contributed by atoms with van der Waals surface area (Å²) < 4.78 is 55.2. The van der Waals surface area contributed by atoms with Crippen LogP contribution in [0.25, 0.3) is 0 Å². The van der Waals surface area contributed by atoms with Gasteiger partial charge in [0.25, 0.3) is 0 Å². The van der Waals surface area contributed by atoms with Crippen LogP contribution in [0.2, 0.25) is 0 Å². The van der Waals surface area contributed by atoms with Gasteiger partial charge in [0.05, 0.1) is 18.2 Å². The van der Waals surface area contributed by atoms with Crippen LogP contribution < -0.4 is 5.32 Å². The van der Waals surface area contributed by atoms with Gasteiger partial charge in [-0.3, -0.25) is 0 Å². The Bertz CT molecular complexity index is 478. The molecule has 0 aliphatic carbocycles. The van der Waals surface area contributed by atoms with Crippen molar-refractivity contribution < 1.29 is 27.1 Å². The van der Waals surface area contributed by atoms with E-state index in [1.807, 2.05) is 0 Å². The molecule has 3 nitrogen and oxygen atoms in total. The monoisotopic (exact) mass is 299 g/mol. The minimum absolute atomic E-state index is 0. The first-order chi connectivity index (χ1) is 8.38. The van der Waals surface area contributed by atoms with Crippen LogP contribution in [0.15, 0.2) is 18.2 Å². The average molecular weight is 300 g/mol. The van der Waals surface area contributed by atoms with Gasteiger partial charge in [0, 0.05) is 12.0 Å². The van der Waals surface area contributed by atoms with Crippen molar-refractivity contribution in [3.8, 4) is 0 Å². The average Bonchev–Trinajstić information content (AvgIpc) is 2.27. The van der Waals surface area contributed by atoms with E-state index >= 15 is 0 Å². The number of amides is 1. The third kappa shape index (κ3) is 3.50. The van der Waals surface area contributed by atoms with E-state index in [2.05, 4.69) is 10.1 Å². The van der Waals surface area contributed by atoms with Crippen LogP contribution in [0.4, 0.5) is 22.4 Å². The van der Waals surface area contributed by atoms with Crippen molar-refractivity contribution in [1.29, 1.82) is 0 Å². The molecule has 19 heavy (non-hydrogen) atoms. The molecule has 1 aromatic rings. The van der Waals surface area contributed by atoms with Gasteiger partial charge in [0.1, 0.15) is 5.82 Å². The molecule has 0 bridgehead atoms. The Balaban J connectivity index is 0.00000180. The summed E-state index contributed by atoms with van der Waals surface area (Å²) >= 11 is 0. The zero-order chi connectivity index (χ0) is 13.3. The van der Waals surface area contributed by atoms with Gasteiger partial charge in [-0.25, -0.2) is 9.18 Å². The highest BCUT2D eigenvalue weighted by Crippen LogP contribution is 2.32. The highest BCUT2D eigenvalue weighted by atomic mass is 35.5. The topological polar surface area (TPSA) is 38.3 Å². The summed E-state index contributed by atoms with van der Waals surface area (Å²) in [6.45, 7) is 0.108. The molecule has 1 amide bonds. The smallest absolute Gasteiger partial charge is 0.416 e. The van der Waals surface area contributed by atoms with E-state index < -0.39 is 29.7 Å². The molecule has 1 fully saturated rings. The minimum Gasteiger partial charge on any atom is -0.449 e. The van der Waals surface area contributed by atoms with Gasteiger partial charge in [0.2, 0.25) is 0 Å². The van der Waals surface area contributed by atoms with E-state index in [9.17, 15) is 22.4 Å². The maximum atomic E-state index is 13.6. The van der Waals surface area contributed by atoms with Crippen LogP contribution in [0.5, 0.6) is 0 Å². The van der Waals surface area contributed by atoms with Crippen molar-refractivity contribution in [2.24, 2.45) is 0 Å². The first kappa shape index (κ1) is 15.6. The molecule has 0 unspecified atom stereocenters. The van der Waals surface area contributed by atoms with E-state index in [-0.39, 0.29) is 24.6 Å². The highest BCUT2D eigenvalue weighted by Gasteiger charge is 2.32. The van der Waals surface area contributed by atoms with Crippen molar-refractivity contribution in [1.82, 2.24) is 5.32 Å². The van der Waals surface area contributed by atoms with Crippen LogP contribution >= 0.6 is 12.4 Å². The fourth-order valence-corrected chi connectivity index (χ4v) is 1.74. The van der Waals surface area contributed by atoms with Crippen LogP contribution in [0.3, 0.4) is 0 Å². The van der Waals surface area contributed by atoms with Gasteiger partial charge < -0.3 is 10.1 Å². The summed E-state index contributed by atoms with van der Waals surface area (Å²) in [6, 6.07) is 1.60. The number of alkyl carbamates (subject to hydrolysis) is 1. The highest BCUT2D eigenvalue weighted by molar-refractivity contribution is 5.85. The molecular weight excluding hydrogens is 290 g/mol. The van der Waals surface area contributed by atoms with Gasteiger partial charge in [-0.15, -0.1) is 12.4 Å². The molecule has 1 heterocycles. The minimum atomic E-state index is -4.59. The third-order valence-corrected chi connectivity index (χ3v) is 2.63. The standard InChI is InChI=1S/C11H9F4NO2.ClH/c12-8-5-6(11(13,14)15)1-2-7(8)9-3-4-18-10(17)16-9;/h1-2,5,9H,3-4H2,(H,16,17);1H/t9-;/m1./s1. The lowest BCUT2D eigenvalue weighted by atomic mass is 10.0. The summed E-state index contributed by atoms with van der Waals surface area (Å²) in [7, 11) is 0. The second-order valence-corrected chi connectivity index (χ2v) is 3.86. The number of hydrogen-bond donors (Lipinski definition) is 1. The summed E-state index contributed by atoms with van der Waals surface area (Å²) in [5.41, 5.74) is -1.03. The summed E-state index contributed by atoms with van der Waals surface area (Å²) in [6.07, 6.45) is -4.97. The van der Waals surface area contributed by atoms with Gasteiger partial charge in [-0.1, -0.05) is 6.07 Å². The number of ether oxygens (including phenoxy) is 1. The normalized spacial score (nSPS) is 19.2. The summed E-state index contributed by atoms with van der Waals surface area (Å²) in [4.78, 5) is 10.9. The largest absolute Gasteiger partial charge is 0.449 e. The molecule has 8 heteroatoms. The first-order valence-electron chi connectivity index (χ1n) is 5.18. The van der Waals surface area contributed by atoms with E-state index in [1.54, 1.807) is 0 Å². The Hall–Kier alpha value is -1.50. The number of carbonyl (C=O) groups is 1. The van der Waals surface area contributed by atoms with Crippen molar-refractivity contribution in [2.75, 3.05) is 6.61 Å². The number of hydrogen-bond acceptors (Lipinski definition) is 2. The lowest BCUT2D eigenvalue weighted by Crippen LogP contribution is -2.35. The number of carbonyl (C=O) groups excluding carboxylic acids is 1. The van der Waals surface area contributed by atoms with Crippen LogP contribution in [-0.2, 0) is 10.9 Å². The molecule has 1 atom stereocenters. The van der Waals surface area contributed by atoms with E-state index in [4.69, 9.17) is 0 Å². The van der Waals surface area contributed by atoms with Gasteiger partial charge in [-0.05, 0) is 12.1 Å². The third-order valence-electron chi connectivity index (χ3n) is 2.63. The predicted molar refractivity (Wildman–Crippen MR) is 60.5 cm³/mol. The van der Waals surface area contributed by atoms with E-state index in [0.717, 1.165) is 12.1 Å². The first-order valence-corrected chi connectivity index (χ1v) is 5.18. The van der Waals surface area contributed by atoms with Crippen molar-refractivity contribution in [3.63, 3.8) is 0 Å². The Labute approximate surface area is 112 Å². The Morgan fingerprint density at radius 1 is 1.32 bits per heavy atom. The molecule has 1 saturated heterocycles.